The van der Waals surface area contributed by atoms with Gasteiger partial charge in [-0.1, -0.05) is 18.2 Å². The van der Waals surface area contributed by atoms with Gasteiger partial charge in [0.05, 0.1) is 30.5 Å². The molecule has 1 fully saturated rings. The molecule has 0 radical (unpaired) electrons. The van der Waals surface area contributed by atoms with Gasteiger partial charge in [0.25, 0.3) is 5.91 Å². The minimum atomic E-state index is -0.246. The Morgan fingerprint density at radius 1 is 1.15 bits per heavy atom. The van der Waals surface area contributed by atoms with Crippen molar-refractivity contribution in [1.82, 2.24) is 19.7 Å². The summed E-state index contributed by atoms with van der Waals surface area (Å²) in [7, 11) is 0. The molecule has 0 unspecified atom stereocenters. The number of nitrogens with zero attached hydrogens (tertiary/aromatic N) is 5. The van der Waals surface area contributed by atoms with Gasteiger partial charge in [-0.2, -0.15) is 0 Å². The van der Waals surface area contributed by atoms with Gasteiger partial charge >= 0.3 is 0 Å². The van der Waals surface area contributed by atoms with Gasteiger partial charge in [0, 0.05) is 11.8 Å². The SMILES string of the molecule is O=C1N=Cc2cccc(Nc3cccc(-c4nncn4C4COC4)n3)c21. The molecule has 5 rings (SSSR count). The molecule has 4 heterocycles. The maximum atomic E-state index is 12.0. The Labute approximate surface area is 148 Å². The Morgan fingerprint density at radius 2 is 2.04 bits per heavy atom. The van der Waals surface area contributed by atoms with Crippen LogP contribution >= 0.6 is 0 Å². The van der Waals surface area contributed by atoms with Gasteiger partial charge in [-0.3, -0.25) is 4.79 Å². The number of fused-ring (bicyclic) bond motifs is 1. The van der Waals surface area contributed by atoms with Crippen molar-refractivity contribution in [3.05, 3.63) is 53.9 Å². The van der Waals surface area contributed by atoms with Crippen LogP contribution in [0.1, 0.15) is 22.0 Å². The van der Waals surface area contributed by atoms with Crippen LogP contribution in [0.5, 0.6) is 0 Å². The lowest BCUT2D eigenvalue weighted by molar-refractivity contribution is -0.0228. The number of hydrogen-bond acceptors (Lipinski definition) is 6. The molecule has 8 nitrogen and oxygen atoms in total. The van der Waals surface area contributed by atoms with Crippen molar-refractivity contribution in [1.29, 1.82) is 0 Å². The number of pyridine rings is 1. The maximum Gasteiger partial charge on any atom is 0.279 e. The van der Waals surface area contributed by atoms with Crippen molar-refractivity contribution in [2.45, 2.75) is 6.04 Å². The number of benzene rings is 1. The summed E-state index contributed by atoms with van der Waals surface area (Å²) in [6.07, 6.45) is 3.28. The first-order valence-electron chi connectivity index (χ1n) is 8.23. The fourth-order valence-corrected chi connectivity index (χ4v) is 3.06. The zero-order chi connectivity index (χ0) is 17.5. The highest BCUT2D eigenvalue weighted by molar-refractivity contribution is 6.16. The van der Waals surface area contributed by atoms with E-state index in [9.17, 15) is 4.79 Å². The smallest absolute Gasteiger partial charge is 0.279 e. The van der Waals surface area contributed by atoms with Crippen LogP contribution in [-0.2, 0) is 4.74 Å². The van der Waals surface area contributed by atoms with Crippen LogP contribution in [0.15, 0.2) is 47.7 Å². The summed E-state index contributed by atoms with van der Waals surface area (Å²) in [4.78, 5) is 20.5. The zero-order valence-corrected chi connectivity index (χ0v) is 13.7. The molecule has 0 atom stereocenters. The summed E-state index contributed by atoms with van der Waals surface area (Å²) < 4.78 is 7.23. The molecule has 0 aliphatic carbocycles. The van der Waals surface area contributed by atoms with Crippen LogP contribution < -0.4 is 5.32 Å². The number of hydrogen-bond donors (Lipinski definition) is 1. The standard InChI is InChI=1S/C18H14N6O2/c25-18-16-11(7-19-18)3-1-4-13(16)21-15-6-2-5-14(22-15)17-23-20-10-24(17)12-8-26-9-12/h1-7,10,12H,8-9H2,(H,21,22). The fraction of sp³-hybridized carbons (Fsp3) is 0.167. The summed E-state index contributed by atoms with van der Waals surface area (Å²) in [5.74, 6) is 1.07. The number of amides is 1. The number of anilines is 2. The number of aromatic nitrogens is 4. The van der Waals surface area contributed by atoms with E-state index in [4.69, 9.17) is 4.74 Å². The first kappa shape index (κ1) is 14.9. The molecule has 1 saturated heterocycles. The van der Waals surface area contributed by atoms with E-state index in [1.54, 1.807) is 12.5 Å². The summed E-state index contributed by atoms with van der Waals surface area (Å²) in [5, 5.41) is 11.4. The highest BCUT2D eigenvalue weighted by atomic mass is 16.5. The molecule has 0 bridgehead atoms. The van der Waals surface area contributed by atoms with Crippen molar-refractivity contribution in [3.8, 4) is 11.5 Å². The molecule has 2 aliphatic heterocycles. The number of aliphatic imine (C=N–C) groups is 1. The molecule has 1 N–H and O–H groups in total. The maximum absolute atomic E-state index is 12.0. The second-order valence-electron chi connectivity index (χ2n) is 6.12. The first-order valence-corrected chi connectivity index (χ1v) is 8.23. The molecule has 1 aromatic carbocycles. The Balaban J connectivity index is 1.48. The van der Waals surface area contributed by atoms with Crippen LogP contribution in [0.25, 0.3) is 11.5 Å². The van der Waals surface area contributed by atoms with Crippen molar-refractivity contribution in [2.75, 3.05) is 18.5 Å². The predicted octanol–water partition coefficient (Wildman–Crippen LogP) is 2.23. The van der Waals surface area contributed by atoms with E-state index in [2.05, 4.69) is 25.5 Å². The highest BCUT2D eigenvalue weighted by Crippen LogP contribution is 2.28. The van der Waals surface area contributed by atoms with Gasteiger partial charge in [0.2, 0.25) is 0 Å². The third-order valence-electron chi connectivity index (χ3n) is 4.46. The summed E-state index contributed by atoms with van der Waals surface area (Å²) in [6, 6.07) is 11.4. The van der Waals surface area contributed by atoms with Gasteiger partial charge in [0.1, 0.15) is 17.8 Å². The summed E-state index contributed by atoms with van der Waals surface area (Å²) in [6.45, 7) is 1.31. The molecule has 2 aliphatic rings. The number of nitrogens with one attached hydrogen (secondary N) is 1. The number of carbonyl (C=O) groups excluding carboxylic acids is 1. The molecule has 8 heteroatoms. The van der Waals surface area contributed by atoms with E-state index in [1.807, 2.05) is 41.0 Å². The Hall–Kier alpha value is -3.39. The number of carbonyl (C=O) groups is 1. The third-order valence-corrected chi connectivity index (χ3v) is 4.46. The quantitative estimate of drug-likeness (QED) is 0.778. The third kappa shape index (κ3) is 2.39. The Kier molecular flexibility index (Phi) is 3.36. The molecule has 3 aromatic rings. The van der Waals surface area contributed by atoms with E-state index in [0.29, 0.717) is 41.8 Å². The monoisotopic (exact) mass is 346 g/mol. The lowest BCUT2D eigenvalue weighted by Crippen LogP contribution is -2.30. The Morgan fingerprint density at radius 3 is 2.88 bits per heavy atom. The van der Waals surface area contributed by atoms with Crippen molar-refractivity contribution < 1.29 is 9.53 Å². The molecule has 26 heavy (non-hydrogen) atoms. The predicted molar refractivity (Wildman–Crippen MR) is 94.8 cm³/mol. The van der Waals surface area contributed by atoms with E-state index >= 15 is 0 Å². The molecular weight excluding hydrogens is 332 g/mol. The molecule has 128 valence electrons. The van der Waals surface area contributed by atoms with Crippen molar-refractivity contribution in [2.24, 2.45) is 4.99 Å². The molecule has 0 spiro atoms. The van der Waals surface area contributed by atoms with E-state index in [0.717, 1.165) is 5.56 Å². The average molecular weight is 346 g/mol. The first-order chi connectivity index (χ1) is 12.8. The van der Waals surface area contributed by atoms with Gasteiger partial charge in [0.15, 0.2) is 5.82 Å². The van der Waals surface area contributed by atoms with Gasteiger partial charge in [-0.05, 0) is 18.2 Å². The molecule has 1 amide bonds. The van der Waals surface area contributed by atoms with Gasteiger partial charge in [-0.15, -0.1) is 10.2 Å². The topological polar surface area (TPSA) is 94.3 Å². The van der Waals surface area contributed by atoms with E-state index in [-0.39, 0.29) is 11.9 Å². The fourth-order valence-electron chi connectivity index (χ4n) is 3.06. The van der Waals surface area contributed by atoms with E-state index < -0.39 is 0 Å². The van der Waals surface area contributed by atoms with Crippen LogP contribution in [0, 0.1) is 0 Å². The van der Waals surface area contributed by atoms with Crippen molar-refractivity contribution >= 4 is 23.6 Å². The molecular formula is C18H14N6O2. The van der Waals surface area contributed by atoms with Gasteiger partial charge in [-0.25, -0.2) is 9.98 Å². The minimum absolute atomic E-state index is 0.241. The summed E-state index contributed by atoms with van der Waals surface area (Å²) >= 11 is 0. The van der Waals surface area contributed by atoms with Crippen LogP contribution in [-0.4, -0.2) is 45.1 Å². The zero-order valence-electron chi connectivity index (χ0n) is 13.7. The normalized spacial score (nSPS) is 15.8. The van der Waals surface area contributed by atoms with Crippen LogP contribution in [0.2, 0.25) is 0 Å². The largest absolute Gasteiger partial charge is 0.377 e. The minimum Gasteiger partial charge on any atom is -0.377 e. The second kappa shape index (κ2) is 5.85. The molecule has 0 saturated carbocycles. The molecule has 2 aromatic heterocycles. The lowest BCUT2D eigenvalue weighted by atomic mass is 10.1. The van der Waals surface area contributed by atoms with Crippen LogP contribution in [0.4, 0.5) is 11.5 Å². The Bertz CT molecular complexity index is 1040. The average Bonchev–Trinajstić information content (AvgIpc) is 3.22. The second-order valence-corrected chi connectivity index (χ2v) is 6.12. The van der Waals surface area contributed by atoms with E-state index in [1.165, 1.54) is 0 Å². The van der Waals surface area contributed by atoms with Gasteiger partial charge < -0.3 is 14.6 Å². The van der Waals surface area contributed by atoms with Crippen molar-refractivity contribution in [3.63, 3.8) is 0 Å². The van der Waals surface area contributed by atoms with Crippen LogP contribution in [0.3, 0.4) is 0 Å². The number of rotatable bonds is 4. The highest BCUT2D eigenvalue weighted by Gasteiger charge is 2.24. The lowest BCUT2D eigenvalue weighted by Gasteiger charge is -2.27. The number of ether oxygens (including phenoxy) is 1. The summed E-state index contributed by atoms with van der Waals surface area (Å²) in [5.41, 5.74) is 2.76.